The van der Waals surface area contributed by atoms with Crippen LogP contribution in [0.5, 0.6) is 0 Å². The first-order chi connectivity index (χ1) is 5.87. The molecule has 0 bridgehead atoms. The van der Waals surface area contributed by atoms with Crippen LogP contribution in [0.2, 0.25) is 0 Å². The molecular formula is C11H25NO. The van der Waals surface area contributed by atoms with Crippen LogP contribution < -0.4 is 5.73 Å². The van der Waals surface area contributed by atoms with Crippen molar-refractivity contribution in [2.75, 3.05) is 6.61 Å². The molecule has 2 heteroatoms. The SMILES string of the molecule is CCC(N)C(C)CCOC(C)(C)C. The van der Waals surface area contributed by atoms with Gasteiger partial charge in [0.2, 0.25) is 0 Å². The third-order valence-corrected chi connectivity index (χ3v) is 2.31. The predicted molar refractivity (Wildman–Crippen MR) is 57.8 cm³/mol. The predicted octanol–water partition coefficient (Wildman–Crippen LogP) is 2.57. The van der Waals surface area contributed by atoms with Crippen molar-refractivity contribution in [1.29, 1.82) is 0 Å². The lowest BCUT2D eigenvalue weighted by molar-refractivity contribution is -0.00958. The first-order valence-electron chi connectivity index (χ1n) is 5.26. The second kappa shape index (κ2) is 5.61. The Balaban J connectivity index is 3.53. The zero-order chi connectivity index (χ0) is 10.5. The van der Waals surface area contributed by atoms with E-state index in [1.165, 1.54) is 0 Å². The molecule has 0 aromatic heterocycles. The first kappa shape index (κ1) is 12.9. The fourth-order valence-corrected chi connectivity index (χ4v) is 1.17. The van der Waals surface area contributed by atoms with E-state index in [9.17, 15) is 0 Å². The van der Waals surface area contributed by atoms with Gasteiger partial charge >= 0.3 is 0 Å². The lowest BCUT2D eigenvalue weighted by atomic mass is 9.97. The van der Waals surface area contributed by atoms with Crippen molar-refractivity contribution < 1.29 is 4.74 Å². The molecule has 0 radical (unpaired) electrons. The number of rotatable bonds is 5. The average molecular weight is 187 g/mol. The second-order valence-electron chi connectivity index (χ2n) is 4.80. The van der Waals surface area contributed by atoms with E-state index < -0.39 is 0 Å². The van der Waals surface area contributed by atoms with Crippen LogP contribution in [0.25, 0.3) is 0 Å². The van der Waals surface area contributed by atoms with E-state index in [4.69, 9.17) is 10.5 Å². The molecule has 0 fully saturated rings. The van der Waals surface area contributed by atoms with Crippen molar-refractivity contribution >= 4 is 0 Å². The Hall–Kier alpha value is -0.0800. The highest BCUT2D eigenvalue weighted by molar-refractivity contribution is 4.68. The Morgan fingerprint density at radius 2 is 1.85 bits per heavy atom. The topological polar surface area (TPSA) is 35.2 Å². The van der Waals surface area contributed by atoms with Gasteiger partial charge in [-0.1, -0.05) is 13.8 Å². The van der Waals surface area contributed by atoms with Gasteiger partial charge in [0, 0.05) is 12.6 Å². The summed E-state index contributed by atoms with van der Waals surface area (Å²) in [7, 11) is 0. The van der Waals surface area contributed by atoms with Crippen molar-refractivity contribution in [3.05, 3.63) is 0 Å². The molecule has 13 heavy (non-hydrogen) atoms. The molecule has 0 amide bonds. The van der Waals surface area contributed by atoms with Crippen LogP contribution in [0.4, 0.5) is 0 Å². The Kier molecular flexibility index (Phi) is 5.57. The van der Waals surface area contributed by atoms with Crippen molar-refractivity contribution in [1.82, 2.24) is 0 Å². The first-order valence-corrected chi connectivity index (χ1v) is 5.26. The van der Waals surface area contributed by atoms with Crippen molar-refractivity contribution in [3.63, 3.8) is 0 Å². The molecule has 0 aliphatic rings. The van der Waals surface area contributed by atoms with E-state index >= 15 is 0 Å². The molecule has 0 spiro atoms. The summed E-state index contributed by atoms with van der Waals surface area (Å²) in [4.78, 5) is 0. The van der Waals surface area contributed by atoms with Crippen LogP contribution >= 0.6 is 0 Å². The van der Waals surface area contributed by atoms with Crippen molar-refractivity contribution in [2.24, 2.45) is 11.7 Å². The molecule has 0 aromatic rings. The van der Waals surface area contributed by atoms with Gasteiger partial charge in [-0.25, -0.2) is 0 Å². The van der Waals surface area contributed by atoms with E-state index in [1.807, 2.05) is 0 Å². The highest BCUT2D eigenvalue weighted by Gasteiger charge is 2.13. The molecule has 0 saturated heterocycles. The molecular weight excluding hydrogens is 162 g/mol. The Bertz CT molecular complexity index is 129. The fourth-order valence-electron chi connectivity index (χ4n) is 1.17. The van der Waals surface area contributed by atoms with Gasteiger partial charge in [0.05, 0.1) is 5.60 Å². The summed E-state index contributed by atoms with van der Waals surface area (Å²) in [5, 5.41) is 0. The van der Waals surface area contributed by atoms with Crippen LogP contribution in [0.15, 0.2) is 0 Å². The van der Waals surface area contributed by atoms with E-state index in [0.29, 0.717) is 12.0 Å². The summed E-state index contributed by atoms with van der Waals surface area (Å²) >= 11 is 0. The summed E-state index contributed by atoms with van der Waals surface area (Å²) in [6, 6.07) is 0.323. The monoisotopic (exact) mass is 187 g/mol. The quantitative estimate of drug-likeness (QED) is 0.718. The Morgan fingerprint density at radius 3 is 2.23 bits per heavy atom. The molecule has 0 aliphatic heterocycles. The molecule has 0 aromatic carbocycles. The third-order valence-electron chi connectivity index (χ3n) is 2.31. The molecule has 2 atom stereocenters. The average Bonchev–Trinajstić information content (AvgIpc) is 2.00. The maximum absolute atomic E-state index is 5.91. The molecule has 2 nitrogen and oxygen atoms in total. The fraction of sp³-hybridized carbons (Fsp3) is 1.00. The highest BCUT2D eigenvalue weighted by atomic mass is 16.5. The maximum atomic E-state index is 5.91. The number of hydrogen-bond acceptors (Lipinski definition) is 2. The molecule has 0 rings (SSSR count). The summed E-state index contributed by atoms with van der Waals surface area (Å²) in [5.74, 6) is 0.562. The Labute approximate surface area is 82.8 Å². The minimum atomic E-state index is -0.0178. The normalized spacial score (nSPS) is 17.1. The highest BCUT2D eigenvalue weighted by Crippen LogP contribution is 2.12. The molecule has 0 aliphatic carbocycles. The van der Waals surface area contributed by atoms with Crippen LogP contribution in [0, 0.1) is 5.92 Å². The van der Waals surface area contributed by atoms with E-state index in [2.05, 4.69) is 34.6 Å². The molecule has 80 valence electrons. The number of hydrogen-bond donors (Lipinski definition) is 1. The van der Waals surface area contributed by atoms with Gasteiger partial charge in [0.1, 0.15) is 0 Å². The number of ether oxygens (including phenoxy) is 1. The lowest BCUT2D eigenvalue weighted by Gasteiger charge is -2.23. The van der Waals surface area contributed by atoms with E-state index in [-0.39, 0.29) is 5.60 Å². The smallest absolute Gasteiger partial charge is 0.0598 e. The summed E-state index contributed by atoms with van der Waals surface area (Å²) < 4.78 is 5.64. The standard InChI is InChI=1S/C11H25NO/c1-6-10(12)9(2)7-8-13-11(3,4)5/h9-10H,6-8,12H2,1-5H3. The van der Waals surface area contributed by atoms with Crippen molar-refractivity contribution in [3.8, 4) is 0 Å². The molecule has 0 heterocycles. The molecule has 0 saturated carbocycles. The van der Waals surface area contributed by atoms with Gasteiger partial charge in [-0.05, 0) is 39.5 Å². The minimum Gasteiger partial charge on any atom is -0.376 e. The lowest BCUT2D eigenvalue weighted by Crippen LogP contribution is -2.29. The number of nitrogens with two attached hydrogens (primary N) is 1. The van der Waals surface area contributed by atoms with Gasteiger partial charge in [-0.15, -0.1) is 0 Å². The largest absolute Gasteiger partial charge is 0.376 e. The van der Waals surface area contributed by atoms with E-state index in [0.717, 1.165) is 19.4 Å². The summed E-state index contributed by atoms with van der Waals surface area (Å²) in [6.45, 7) is 11.4. The Morgan fingerprint density at radius 1 is 1.31 bits per heavy atom. The zero-order valence-electron chi connectivity index (χ0n) is 9.76. The minimum absolute atomic E-state index is 0.0178. The van der Waals surface area contributed by atoms with Gasteiger partial charge in [0.15, 0.2) is 0 Å². The third kappa shape index (κ3) is 7.03. The van der Waals surface area contributed by atoms with Crippen LogP contribution in [0.3, 0.4) is 0 Å². The summed E-state index contributed by atoms with van der Waals surface area (Å²) in [5.41, 5.74) is 5.89. The van der Waals surface area contributed by atoms with Gasteiger partial charge < -0.3 is 10.5 Å². The van der Waals surface area contributed by atoms with Gasteiger partial charge in [-0.2, -0.15) is 0 Å². The second-order valence-corrected chi connectivity index (χ2v) is 4.80. The zero-order valence-corrected chi connectivity index (χ0v) is 9.76. The van der Waals surface area contributed by atoms with Crippen LogP contribution in [-0.4, -0.2) is 18.2 Å². The van der Waals surface area contributed by atoms with Crippen molar-refractivity contribution in [2.45, 2.75) is 59.1 Å². The van der Waals surface area contributed by atoms with Gasteiger partial charge in [-0.3, -0.25) is 0 Å². The molecule has 2 N–H and O–H groups in total. The van der Waals surface area contributed by atoms with Gasteiger partial charge in [0.25, 0.3) is 0 Å². The van der Waals surface area contributed by atoms with E-state index in [1.54, 1.807) is 0 Å². The summed E-state index contributed by atoms with van der Waals surface area (Å²) in [6.07, 6.45) is 2.11. The van der Waals surface area contributed by atoms with Crippen LogP contribution in [-0.2, 0) is 4.74 Å². The maximum Gasteiger partial charge on any atom is 0.0598 e. The molecule has 2 unspecified atom stereocenters. The van der Waals surface area contributed by atoms with Crippen LogP contribution in [0.1, 0.15) is 47.5 Å².